The molecule has 7 nitrogen and oxygen atoms in total. The lowest BCUT2D eigenvalue weighted by Crippen LogP contribution is -2.56. The number of nitro benzene ring substituents is 1. The molecule has 2 aliphatic rings. The Morgan fingerprint density at radius 3 is 2.52 bits per heavy atom. The summed E-state index contributed by atoms with van der Waals surface area (Å²) in [7, 11) is 1.44. The molecule has 4 rings (SSSR count). The maximum absolute atomic E-state index is 15.1. The Labute approximate surface area is 200 Å². The highest BCUT2D eigenvalue weighted by atomic mass is 79.9. The molecular weight excluding hydrogens is 493 g/mol. The van der Waals surface area contributed by atoms with E-state index in [1.54, 1.807) is 23.1 Å². The fraction of sp³-hybridized carbons (Fsp3) is 0.458. The number of hydrogen-bond donors (Lipinski definition) is 1. The summed E-state index contributed by atoms with van der Waals surface area (Å²) >= 11 is 3.46. The molecular formula is C24H27BrFN3O4. The first-order valence-electron chi connectivity index (χ1n) is 10.9. The van der Waals surface area contributed by atoms with Crippen molar-refractivity contribution in [2.75, 3.05) is 25.1 Å². The molecule has 2 aromatic carbocycles. The third kappa shape index (κ3) is 3.61. The van der Waals surface area contributed by atoms with E-state index in [1.807, 2.05) is 20.8 Å². The highest BCUT2D eigenvalue weighted by Gasteiger charge is 2.59. The third-order valence-electron chi connectivity index (χ3n) is 6.72. The van der Waals surface area contributed by atoms with Crippen molar-refractivity contribution < 1.29 is 18.8 Å². The number of piperidine rings is 1. The van der Waals surface area contributed by atoms with Gasteiger partial charge in [0.05, 0.1) is 22.2 Å². The quantitative estimate of drug-likeness (QED) is 0.437. The lowest BCUT2D eigenvalue weighted by Gasteiger charge is -2.43. The molecule has 1 N–H and O–H groups in total. The molecule has 1 unspecified atom stereocenters. The molecule has 9 heteroatoms. The number of nitro groups is 1. The van der Waals surface area contributed by atoms with E-state index in [0.717, 1.165) is 0 Å². The third-order valence-corrected chi connectivity index (χ3v) is 7.49. The number of para-hydroxylation sites is 2. The average molecular weight is 520 g/mol. The number of fused-ring (bicyclic) bond motifs is 2. The molecule has 0 bridgehead atoms. The Morgan fingerprint density at radius 2 is 1.94 bits per heavy atom. The number of methoxy groups -OCH3 is 1. The summed E-state index contributed by atoms with van der Waals surface area (Å²) in [6.45, 7) is 6.82. The van der Waals surface area contributed by atoms with Crippen LogP contribution in [-0.2, 0) is 10.2 Å². The summed E-state index contributed by atoms with van der Waals surface area (Å²) in [5.41, 5.74) is -0.165. The van der Waals surface area contributed by atoms with E-state index in [-0.39, 0.29) is 21.7 Å². The van der Waals surface area contributed by atoms with Gasteiger partial charge < -0.3 is 15.0 Å². The molecule has 1 saturated heterocycles. The van der Waals surface area contributed by atoms with Gasteiger partial charge in [-0.15, -0.1) is 0 Å². The van der Waals surface area contributed by atoms with Gasteiger partial charge in [0.1, 0.15) is 23.3 Å². The van der Waals surface area contributed by atoms with Crippen LogP contribution >= 0.6 is 15.9 Å². The summed E-state index contributed by atoms with van der Waals surface area (Å²) < 4.78 is 21.0. The second-order valence-electron chi connectivity index (χ2n) is 9.64. The van der Waals surface area contributed by atoms with Gasteiger partial charge in [0.15, 0.2) is 5.78 Å². The minimum atomic E-state index is -0.761. The molecule has 0 aromatic heterocycles. The smallest absolute Gasteiger partial charge is 0.292 e. The van der Waals surface area contributed by atoms with Gasteiger partial charge in [-0.3, -0.25) is 14.9 Å². The van der Waals surface area contributed by atoms with Gasteiger partial charge in [0.25, 0.3) is 5.69 Å². The first-order chi connectivity index (χ1) is 15.5. The predicted octanol–water partition coefficient (Wildman–Crippen LogP) is 5.26. The van der Waals surface area contributed by atoms with Crippen LogP contribution in [0.1, 0.15) is 39.2 Å². The topological polar surface area (TPSA) is 84.7 Å². The SMILES string of the molecule is COc1cc(F)c(Br)c2c1N(c1ccccc1[N+](=O)[O-])C(C(=O)C(C)(C)C)C21CCNCC1. The number of Topliss-reactive ketones (excluding diaryl/α,β-unsaturated/α-hetero) is 1. The molecule has 0 radical (unpaired) electrons. The van der Waals surface area contributed by atoms with Crippen LogP contribution in [0.4, 0.5) is 21.5 Å². The predicted molar refractivity (Wildman–Crippen MR) is 128 cm³/mol. The summed E-state index contributed by atoms with van der Waals surface area (Å²) in [5.74, 6) is -0.311. The van der Waals surface area contributed by atoms with Crippen LogP contribution in [0.15, 0.2) is 34.8 Å². The highest BCUT2D eigenvalue weighted by Crippen LogP contribution is 2.60. The molecule has 0 amide bonds. The number of hydrogen-bond acceptors (Lipinski definition) is 6. The van der Waals surface area contributed by atoms with E-state index >= 15 is 4.39 Å². The monoisotopic (exact) mass is 519 g/mol. The van der Waals surface area contributed by atoms with E-state index in [4.69, 9.17) is 4.74 Å². The largest absolute Gasteiger partial charge is 0.494 e. The van der Waals surface area contributed by atoms with Crippen LogP contribution in [0.5, 0.6) is 5.75 Å². The number of anilines is 2. The van der Waals surface area contributed by atoms with E-state index in [9.17, 15) is 14.9 Å². The van der Waals surface area contributed by atoms with E-state index in [2.05, 4.69) is 21.2 Å². The van der Waals surface area contributed by atoms with Gasteiger partial charge in [-0.1, -0.05) is 32.9 Å². The highest BCUT2D eigenvalue weighted by molar-refractivity contribution is 9.10. The second-order valence-corrected chi connectivity index (χ2v) is 10.4. The summed E-state index contributed by atoms with van der Waals surface area (Å²) in [6, 6.07) is 6.87. The normalized spacial score (nSPS) is 19.5. The van der Waals surface area contributed by atoms with Crippen LogP contribution in [0.3, 0.4) is 0 Å². The molecule has 33 heavy (non-hydrogen) atoms. The Kier molecular flexibility index (Phi) is 5.99. The van der Waals surface area contributed by atoms with Crippen molar-refractivity contribution in [2.45, 2.75) is 45.1 Å². The maximum Gasteiger partial charge on any atom is 0.292 e. The number of halogens is 2. The summed E-state index contributed by atoms with van der Waals surface area (Å²) in [5, 5.41) is 15.3. The molecule has 176 valence electrons. The van der Waals surface area contributed by atoms with Crippen LogP contribution in [0.2, 0.25) is 0 Å². The van der Waals surface area contributed by atoms with Crippen LogP contribution in [0.25, 0.3) is 0 Å². The van der Waals surface area contributed by atoms with Gasteiger partial charge in [0.2, 0.25) is 0 Å². The Bertz CT molecular complexity index is 1130. The van der Waals surface area contributed by atoms with Crippen LogP contribution in [-0.4, -0.2) is 36.9 Å². The van der Waals surface area contributed by atoms with Crippen molar-refractivity contribution in [3.63, 3.8) is 0 Å². The van der Waals surface area contributed by atoms with Crippen molar-refractivity contribution >= 4 is 38.8 Å². The zero-order chi connectivity index (χ0) is 24.1. The number of nitrogens with zero attached hydrogens (tertiary/aromatic N) is 2. The number of carbonyl (C=O) groups excluding carboxylic acids is 1. The Hall–Kier alpha value is -2.52. The van der Waals surface area contributed by atoms with E-state index < -0.39 is 27.6 Å². The number of rotatable bonds is 4. The minimum Gasteiger partial charge on any atom is -0.494 e. The van der Waals surface area contributed by atoms with Gasteiger partial charge >= 0.3 is 0 Å². The number of ether oxygens (including phenoxy) is 1. The van der Waals surface area contributed by atoms with E-state index in [0.29, 0.717) is 42.9 Å². The lowest BCUT2D eigenvalue weighted by molar-refractivity contribution is -0.384. The number of carbonyl (C=O) groups is 1. The standard InChI is InChI=1S/C24H27BrFN3O4/c1-23(2,3)22(30)21-24(9-11-27-12-10-24)18-19(25)14(26)13-17(33-4)20(18)28(21)15-7-5-6-8-16(15)29(31)32/h5-8,13,21,27H,9-12H2,1-4H3. The van der Waals surface area contributed by atoms with Gasteiger partial charge in [-0.25, -0.2) is 4.39 Å². The summed E-state index contributed by atoms with van der Waals surface area (Å²) in [6.07, 6.45) is 1.16. The molecule has 1 spiro atoms. The first-order valence-corrected chi connectivity index (χ1v) is 11.7. The van der Waals surface area contributed by atoms with Crippen LogP contribution < -0.4 is 15.0 Å². The molecule has 2 aromatic rings. The van der Waals surface area contributed by atoms with Crippen LogP contribution in [0, 0.1) is 21.3 Å². The Morgan fingerprint density at radius 1 is 1.30 bits per heavy atom. The van der Waals surface area contributed by atoms with Gasteiger partial charge in [-0.2, -0.15) is 0 Å². The number of ketones is 1. The first kappa shape index (κ1) is 23.6. The molecule has 0 aliphatic carbocycles. The van der Waals surface area contributed by atoms with Crippen molar-refractivity contribution in [1.29, 1.82) is 0 Å². The lowest BCUT2D eigenvalue weighted by atomic mass is 9.65. The second kappa shape index (κ2) is 8.36. The fourth-order valence-electron chi connectivity index (χ4n) is 5.21. The molecule has 0 saturated carbocycles. The Balaban J connectivity index is 2.14. The zero-order valence-corrected chi connectivity index (χ0v) is 20.7. The van der Waals surface area contributed by atoms with Gasteiger partial charge in [0, 0.05) is 28.5 Å². The minimum absolute atomic E-state index is 0.0619. The molecule has 1 fully saturated rings. The maximum atomic E-state index is 15.1. The van der Waals surface area contributed by atoms with Crippen molar-refractivity contribution in [1.82, 2.24) is 5.32 Å². The zero-order valence-electron chi connectivity index (χ0n) is 19.1. The molecule has 1 atom stereocenters. The van der Waals surface area contributed by atoms with E-state index in [1.165, 1.54) is 19.2 Å². The van der Waals surface area contributed by atoms with Gasteiger partial charge in [-0.05, 0) is 47.9 Å². The van der Waals surface area contributed by atoms with Crippen molar-refractivity contribution in [3.05, 3.63) is 56.3 Å². The number of benzene rings is 2. The average Bonchev–Trinajstić information content (AvgIpc) is 3.05. The number of nitrogens with one attached hydrogen (secondary N) is 1. The van der Waals surface area contributed by atoms with Crippen molar-refractivity contribution in [2.24, 2.45) is 5.41 Å². The molecule has 2 heterocycles. The summed E-state index contributed by atoms with van der Waals surface area (Å²) in [4.78, 5) is 27.4. The fourth-order valence-corrected chi connectivity index (χ4v) is 5.91. The molecule has 2 aliphatic heterocycles. The van der Waals surface area contributed by atoms with Crippen molar-refractivity contribution in [3.8, 4) is 5.75 Å².